The first-order valence-electron chi connectivity index (χ1n) is 7.66. The Bertz CT molecular complexity index is 650. The molecule has 2 aromatic rings. The molecule has 4 nitrogen and oxygen atoms in total. The summed E-state index contributed by atoms with van der Waals surface area (Å²) in [5.41, 5.74) is 2.30. The maximum Gasteiger partial charge on any atom is 0.170 e. The van der Waals surface area contributed by atoms with Gasteiger partial charge in [-0.3, -0.25) is 4.98 Å². The van der Waals surface area contributed by atoms with Gasteiger partial charge in [-0.2, -0.15) is 0 Å². The minimum Gasteiger partial charge on any atom is -0.357 e. The number of nitrogens with zero attached hydrogens (tertiary/aromatic N) is 3. The van der Waals surface area contributed by atoms with Crippen molar-refractivity contribution in [1.29, 1.82) is 0 Å². The second kappa shape index (κ2) is 6.08. The van der Waals surface area contributed by atoms with Gasteiger partial charge < -0.3 is 14.8 Å². The van der Waals surface area contributed by atoms with Crippen molar-refractivity contribution < 1.29 is 0 Å². The summed E-state index contributed by atoms with van der Waals surface area (Å²) >= 11 is 5.60. The van der Waals surface area contributed by atoms with Crippen molar-refractivity contribution in [2.45, 2.75) is 25.9 Å². The van der Waals surface area contributed by atoms with E-state index in [2.05, 4.69) is 58.1 Å². The molecule has 22 heavy (non-hydrogen) atoms. The van der Waals surface area contributed by atoms with Gasteiger partial charge >= 0.3 is 0 Å². The smallest absolute Gasteiger partial charge is 0.170 e. The average Bonchev–Trinajstić information content (AvgIpc) is 3.04. The standard InChI is InChI=1S/C17H22N4S/c1-12(2)10-21-16(13-7-9-20(3)11-13)15(19-17(21)22)14-6-4-5-8-18-14/h4-9,11-12,15-16H,10H2,1-3H3,(H,19,22)/t15-,16-/m0/s1. The molecule has 1 saturated heterocycles. The monoisotopic (exact) mass is 314 g/mol. The van der Waals surface area contributed by atoms with E-state index in [1.54, 1.807) is 0 Å². The highest BCUT2D eigenvalue weighted by atomic mass is 32.1. The molecule has 0 radical (unpaired) electrons. The van der Waals surface area contributed by atoms with E-state index in [4.69, 9.17) is 12.2 Å². The molecule has 2 aromatic heterocycles. The first-order valence-corrected chi connectivity index (χ1v) is 8.07. The molecule has 5 heteroatoms. The number of rotatable bonds is 4. The van der Waals surface area contributed by atoms with E-state index in [0.717, 1.165) is 17.4 Å². The summed E-state index contributed by atoms with van der Waals surface area (Å²) in [6.45, 7) is 5.38. The minimum atomic E-state index is 0.0925. The summed E-state index contributed by atoms with van der Waals surface area (Å²) in [5, 5.41) is 4.29. The van der Waals surface area contributed by atoms with Crippen LogP contribution in [0.25, 0.3) is 0 Å². The number of aryl methyl sites for hydroxylation is 1. The first-order chi connectivity index (χ1) is 10.6. The zero-order chi connectivity index (χ0) is 15.7. The van der Waals surface area contributed by atoms with Crippen LogP contribution in [0.5, 0.6) is 0 Å². The zero-order valence-corrected chi connectivity index (χ0v) is 14.0. The van der Waals surface area contributed by atoms with Crippen LogP contribution in [0, 0.1) is 5.92 Å². The Labute approximate surface area is 137 Å². The Morgan fingerprint density at radius 1 is 1.32 bits per heavy atom. The molecule has 3 heterocycles. The third kappa shape index (κ3) is 2.86. The molecular formula is C17H22N4S. The van der Waals surface area contributed by atoms with E-state index in [1.165, 1.54) is 5.56 Å². The molecule has 1 aliphatic heterocycles. The highest BCUT2D eigenvalue weighted by Gasteiger charge is 2.40. The van der Waals surface area contributed by atoms with Gasteiger partial charge in [0.05, 0.1) is 17.8 Å². The average molecular weight is 314 g/mol. The summed E-state index contributed by atoms with van der Waals surface area (Å²) in [6.07, 6.45) is 6.09. The highest BCUT2D eigenvalue weighted by molar-refractivity contribution is 7.80. The molecule has 0 spiro atoms. The second-order valence-electron chi connectivity index (χ2n) is 6.28. The molecule has 0 saturated carbocycles. The van der Waals surface area contributed by atoms with Gasteiger partial charge in [-0.25, -0.2) is 0 Å². The lowest BCUT2D eigenvalue weighted by atomic mass is 9.98. The summed E-state index contributed by atoms with van der Waals surface area (Å²) in [6, 6.07) is 8.49. The lowest BCUT2D eigenvalue weighted by Gasteiger charge is -2.28. The predicted molar refractivity (Wildman–Crippen MR) is 92.4 cm³/mol. The fourth-order valence-electron chi connectivity index (χ4n) is 3.06. The van der Waals surface area contributed by atoms with Gasteiger partial charge in [0.15, 0.2) is 5.11 Å². The van der Waals surface area contributed by atoms with Crippen molar-refractivity contribution in [1.82, 2.24) is 19.8 Å². The SMILES string of the molecule is CC(C)CN1C(=S)N[C@@H](c2ccccn2)[C@@H]1c1ccn(C)c1. The molecule has 0 aliphatic carbocycles. The van der Waals surface area contributed by atoms with Gasteiger partial charge in [0.1, 0.15) is 0 Å². The highest BCUT2D eigenvalue weighted by Crippen LogP contribution is 2.38. The molecule has 2 atom stereocenters. The molecule has 0 unspecified atom stereocenters. The molecular weight excluding hydrogens is 292 g/mol. The largest absolute Gasteiger partial charge is 0.357 e. The molecule has 1 fully saturated rings. The van der Waals surface area contributed by atoms with E-state index < -0.39 is 0 Å². The van der Waals surface area contributed by atoms with Gasteiger partial charge in [-0.05, 0) is 41.9 Å². The van der Waals surface area contributed by atoms with Crippen LogP contribution in [0.2, 0.25) is 0 Å². The van der Waals surface area contributed by atoms with E-state index in [-0.39, 0.29) is 12.1 Å². The zero-order valence-electron chi connectivity index (χ0n) is 13.2. The first kappa shape index (κ1) is 15.0. The van der Waals surface area contributed by atoms with Crippen molar-refractivity contribution in [3.05, 3.63) is 54.1 Å². The molecule has 0 aromatic carbocycles. The summed E-state index contributed by atoms with van der Waals surface area (Å²) in [5.74, 6) is 0.549. The van der Waals surface area contributed by atoms with E-state index in [0.29, 0.717) is 5.92 Å². The number of hydrogen-bond donors (Lipinski definition) is 1. The summed E-state index contributed by atoms with van der Waals surface area (Å²) in [4.78, 5) is 6.84. The molecule has 0 amide bonds. The quantitative estimate of drug-likeness (QED) is 0.879. The topological polar surface area (TPSA) is 33.1 Å². The number of thiocarbonyl (C=S) groups is 1. The van der Waals surface area contributed by atoms with Crippen LogP contribution in [-0.4, -0.2) is 26.1 Å². The molecule has 1 aliphatic rings. The summed E-state index contributed by atoms with van der Waals surface area (Å²) in [7, 11) is 2.05. The van der Waals surface area contributed by atoms with Crippen LogP contribution in [0.15, 0.2) is 42.9 Å². The van der Waals surface area contributed by atoms with Gasteiger partial charge in [0, 0.05) is 32.2 Å². The van der Waals surface area contributed by atoms with E-state index in [9.17, 15) is 0 Å². The lowest BCUT2D eigenvalue weighted by Crippen LogP contribution is -2.32. The van der Waals surface area contributed by atoms with Crippen LogP contribution in [0.1, 0.15) is 37.2 Å². The Balaban J connectivity index is 2.00. The van der Waals surface area contributed by atoms with Gasteiger partial charge in [0.2, 0.25) is 0 Å². The fraction of sp³-hybridized carbons (Fsp3) is 0.412. The van der Waals surface area contributed by atoms with Crippen LogP contribution in [0.4, 0.5) is 0 Å². The molecule has 1 N–H and O–H groups in total. The fourth-order valence-corrected chi connectivity index (χ4v) is 3.37. The van der Waals surface area contributed by atoms with Crippen LogP contribution in [0.3, 0.4) is 0 Å². The Morgan fingerprint density at radius 2 is 2.14 bits per heavy atom. The maximum atomic E-state index is 5.60. The van der Waals surface area contributed by atoms with Crippen LogP contribution < -0.4 is 5.32 Å². The summed E-state index contributed by atoms with van der Waals surface area (Å²) < 4.78 is 2.08. The van der Waals surface area contributed by atoms with E-state index >= 15 is 0 Å². The Kier molecular flexibility index (Phi) is 4.16. The minimum absolute atomic E-state index is 0.0925. The van der Waals surface area contributed by atoms with Crippen molar-refractivity contribution in [3.63, 3.8) is 0 Å². The lowest BCUT2D eigenvalue weighted by molar-refractivity contribution is 0.287. The molecule has 3 rings (SSSR count). The Hall–Kier alpha value is -1.88. The Morgan fingerprint density at radius 3 is 2.73 bits per heavy atom. The number of nitrogens with one attached hydrogen (secondary N) is 1. The van der Waals surface area contributed by atoms with Crippen LogP contribution >= 0.6 is 12.2 Å². The van der Waals surface area contributed by atoms with Crippen molar-refractivity contribution in [2.24, 2.45) is 13.0 Å². The van der Waals surface area contributed by atoms with Crippen molar-refractivity contribution in [3.8, 4) is 0 Å². The molecule has 116 valence electrons. The predicted octanol–water partition coefficient (Wildman–Crippen LogP) is 3.05. The van der Waals surface area contributed by atoms with Crippen LogP contribution in [-0.2, 0) is 7.05 Å². The molecule has 0 bridgehead atoms. The number of hydrogen-bond acceptors (Lipinski definition) is 2. The maximum absolute atomic E-state index is 5.60. The number of aromatic nitrogens is 2. The van der Waals surface area contributed by atoms with Crippen molar-refractivity contribution in [2.75, 3.05) is 6.54 Å². The van der Waals surface area contributed by atoms with Gasteiger partial charge in [-0.1, -0.05) is 19.9 Å². The third-order valence-corrected chi connectivity index (χ3v) is 4.31. The third-order valence-electron chi connectivity index (χ3n) is 3.96. The van der Waals surface area contributed by atoms with Gasteiger partial charge in [0.25, 0.3) is 0 Å². The van der Waals surface area contributed by atoms with E-state index in [1.807, 2.05) is 25.4 Å². The number of pyridine rings is 1. The second-order valence-corrected chi connectivity index (χ2v) is 6.67. The van der Waals surface area contributed by atoms with Gasteiger partial charge in [-0.15, -0.1) is 0 Å². The van der Waals surface area contributed by atoms with Crippen molar-refractivity contribution >= 4 is 17.3 Å². The normalized spacial score (nSPS) is 21.5.